The van der Waals surface area contributed by atoms with Crippen LogP contribution in [0.4, 0.5) is 0 Å². The van der Waals surface area contributed by atoms with E-state index in [0.29, 0.717) is 0 Å². The number of halogens is 3. The number of amides is 2. The van der Waals surface area contributed by atoms with Gasteiger partial charge in [0.05, 0.1) is 21.2 Å². The molecule has 0 saturated heterocycles. The Morgan fingerprint density at radius 1 is 1.00 bits per heavy atom. The maximum atomic E-state index is 11.8. The van der Waals surface area contributed by atoms with Crippen LogP contribution in [0.2, 0.25) is 10.0 Å². The fraction of sp³-hybridized carbons (Fsp3) is 0.200. The molecule has 84 valence electrons. The van der Waals surface area contributed by atoms with Crippen molar-refractivity contribution in [3.63, 3.8) is 0 Å². The number of carbonyl (C=O) groups is 2. The molecule has 0 N–H and O–H groups in total. The summed E-state index contributed by atoms with van der Waals surface area (Å²) in [4.78, 5) is 24.7. The molecule has 0 unspecified atom stereocenters. The summed E-state index contributed by atoms with van der Waals surface area (Å²) in [6.45, 7) is 0.184. The highest BCUT2D eigenvalue weighted by Gasteiger charge is 2.35. The molecule has 0 aromatic heterocycles. The van der Waals surface area contributed by atoms with Crippen molar-refractivity contribution in [3.05, 3.63) is 33.3 Å². The maximum Gasteiger partial charge on any atom is 0.261 e. The van der Waals surface area contributed by atoms with Gasteiger partial charge in [-0.15, -0.1) is 11.6 Å². The Morgan fingerprint density at radius 2 is 1.44 bits per heavy atom. The molecule has 0 atom stereocenters. The third-order valence-electron chi connectivity index (χ3n) is 2.32. The third kappa shape index (κ3) is 1.69. The first-order valence-corrected chi connectivity index (χ1v) is 5.76. The van der Waals surface area contributed by atoms with Crippen LogP contribution in [0.3, 0.4) is 0 Å². The normalized spacial score (nSPS) is 14.6. The quantitative estimate of drug-likeness (QED) is 0.616. The average molecular weight is 279 g/mol. The minimum Gasteiger partial charge on any atom is -0.273 e. The summed E-state index contributed by atoms with van der Waals surface area (Å²) < 4.78 is 0. The SMILES string of the molecule is O=C1c2cc(Cl)c(Cl)cc2C(=O)N1CCCl. The molecule has 1 aliphatic heterocycles. The molecule has 0 fully saturated rings. The minimum absolute atomic E-state index is 0.184. The maximum absolute atomic E-state index is 11.8. The largest absolute Gasteiger partial charge is 0.273 e. The second-order valence-electron chi connectivity index (χ2n) is 3.26. The third-order valence-corrected chi connectivity index (χ3v) is 3.21. The van der Waals surface area contributed by atoms with E-state index < -0.39 is 0 Å². The van der Waals surface area contributed by atoms with Crippen LogP contribution in [0.1, 0.15) is 20.7 Å². The molecule has 0 aliphatic carbocycles. The summed E-state index contributed by atoms with van der Waals surface area (Å²) in [6, 6.07) is 2.82. The summed E-state index contributed by atoms with van der Waals surface area (Å²) in [5.41, 5.74) is 0.564. The van der Waals surface area contributed by atoms with Gasteiger partial charge < -0.3 is 0 Å². The number of fused-ring (bicyclic) bond motifs is 1. The van der Waals surface area contributed by atoms with E-state index in [1.165, 1.54) is 12.1 Å². The van der Waals surface area contributed by atoms with Crippen molar-refractivity contribution in [2.24, 2.45) is 0 Å². The Labute approximate surface area is 107 Å². The zero-order chi connectivity index (χ0) is 11.9. The molecule has 1 aromatic rings. The van der Waals surface area contributed by atoms with Gasteiger partial charge in [0.15, 0.2) is 0 Å². The van der Waals surface area contributed by atoms with E-state index >= 15 is 0 Å². The molecule has 0 saturated carbocycles. The lowest BCUT2D eigenvalue weighted by Crippen LogP contribution is -2.31. The van der Waals surface area contributed by atoms with E-state index in [2.05, 4.69) is 0 Å². The number of rotatable bonds is 2. The molecule has 3 nitrogen and oxygen atoms in total. The summed E-state index contributed by atoms with van der Waals surface area (Å²) in [7, 11) is 0. The number of carbonyl (C=O) groups excluding carboxylic acids is 2. The van der Waals surface area contributed by atoms with Gasteiger partial charge in [0.25, 0.3) is 11.8 Å². The summed E-state index contributed by atoms with van der Waals surface area (Å²) >= 11 is 17.1. The van der Waals surface area contributed by atoms with Gasteiger partial charge in [-0.05, 0) is 12.1 Å². The van der Waals surface area contributed by atoms with Crippen molar-refractivity contribution in [1.29, 1.82) is 0 Å². The highest BCUT2D eigenvalue weighted by atomic mass is 35.5. The molecule has 0 spiro atoms. The highest BCUT2D eigenvalue weighted by molar-refractivity contribution is 6.43. The Morgan fingerprint density at radius 3 is 1.81 bits per heavy atom. The lowest BCUT2D eigenvalue weighted by Gasteiger charge is -2.10. The van der Waals surface area contributed by atoms with E-state index in [4.69, 9.17) is 34.8 Å². The molecule has 1 aromatic carbocycles. The number of imide groups is 1. The Bertz CT molecular complexity index is 446. The summed E-state index contributed by atoms with van der Waals surface area (Å²) in [6.07, 6.45) is 0. The van der Waals surface area contributed by atoms with Crippen molar-refractivity contribution in [2.45, 2.75) is 0 Å². The smallest absolute Gasteiger partial charge is 0.261 e. The van der Waals surface area contributed by atoms with Crippen molar-refractivity contribution < 1.29 is 9.59 Å². The van der Waals surface area contributed by atoms with Crippen LogP contribution in [0.25, 0.3) is 0 Å². The lowest BCUT2D eigenvalue weighted by molar-refractivity contribution is 0.0664. The molecular formula is C10H6Cl3NO2. The van der Waals surface area contributed by atoms with Crippen LogP contribution >= 0.6 is 34.8 Å². The molecule has 1 aliphatic rings. The van der Waals surface area contributed by atoms with Crippen LogP contribution in [-0.4, -0.2) is 29.1 Å². The fourth-order valence-electron chi connectivity index (χ4n) is 1.57. The van der Waals surface area contributed by atoms with Gasteiger partial charge in [0.1, 0.15) is 0 Å². The van der Waals surface area contributed by atoms with E-state index in [1.807, 2.05) is 0 Å². The molecule has 6 heteroatoms. The van der Waals surface area contributed by atoms with E-state index in [1.54, 1.807) is 0 Å². The molecule has 2 amide bonds. The molecule has 2 rings (SSSR count). The molecule has 0 radical (unpaired) electrons. The predicted octanol–water partition coefficient (Wildman–Crippen LogP) is 2.83. The Balaban J connectivity index is 2.51. The van der Waals surface area contributed by atoms with Crippen molar-refractivity contribution in [2.75, 3.05) is 12.4 Å². The second-order valence-corrected chi connectivity index (χ2v) is 4.46. The van der Waals surface area contributed by atoms with Crippen molar-refractivity contribution >= 4 is 46.6 Å². The van der Waals surface area contributed by atoms with Crippen LogP contribution in [0, 0.1) is 0 Å². The van der Waals surface area contributed by atoms with Crippen LogP contribution in [0.15, 0.2) is 12.1 Å². The first kappa shape index (κ1) is 11.7. The number of nitrogens with zero attached hydrogens (tertiary/aromatic N) is 1. The van der Waals surface area contributed by atoms with Crippen LogP contribution in [0.5, 0.6) is 0 Å². The van der Waals surface area contributed by atoms with E-state index in [9.17, 15) is 9.59 Å². The number of benzene rings is 1. The monoisotopic (exact) mass is 277 g/mol. The zero-order valence-corrected chi connectivity index (χ0v) is 10.2. The topological polar surface area (TPSA) is 37.4 Å². The van der Waals surface area contributed by atoms with Crippen molar-refractivity contribution in [3.8, 4) is 0 Å². The Hall–Kier alpha value is -0.770. The van der Waals surface area contributed by atoms with E-state index in [0.717, 1.165) is 4.90 Å². The Kier molecular flexibility index (Phi) is 3.10. The van der Waals surface area contributed by atoms with Crippen molar-refractivity contribution in [1.82, 2.24) is 4.90 Å². The van der Waals surface area contributed by atoms with Gasteiger partial charge in [-0.3, -0.25) is 14.5 Å². The van der Waals surface area contributed by atoms with E-state index in [-0.39, 0.29) is 45.4 Å². The predicted molar refractivity (Wildman–Crippen MR) is 62.5 cm³/mol. The number of hydrogen-bond donors (Lipinski definition) is 0. The fourth-order valence-corrected chi connectivity index (χ4v) is 2.07. The van der Waals surface area contributed by atoms with Gasteiger partial charge in [0.2, 0.25) is 0 Å². The zero-order valence-electron chi connectivity index (χ0n) is 7.97. The van der Waals surface area contributed by atoms with Gasteiger partial charge in [0, 0.05) is 12.4 Å². The van der Waals surface area contributed by atoms with Crippen LogP contribution < -0.4 is 0 Å². The standard InChI is InChI=1S/C10H6Cl3NO2/c11-1-2-14-9(15)5-3-7(12)8(13)4-6(5)10(14)16/h3-4H,1-2H2. The van der Waals surface area contributed by atoms with Crippen LogP contribution in [-0.2, 0) is 0 Å². The first-order chi connectivity index (χ1) is 7.56. The van der Waals surface area contributed by atoms with Gasteiger partial charge in [-0.1, -0.05) is 23.2 Å². The van der Waals surface area contributed by atoms with Gasteiger partial charge >= 0.3 is 0 Å². The molecule has 1 heterocycles. The van der Waals surface area contributed by atoms with Gasteiger partial charge in [-0.2, -0.15) is 0 Å². The van der Waals surface area contributed by atoms with Gasteiger partial charge in [-0.25, -0.2) is 0 Å². The number of alkyl halides is 1. The minimum atomic E-state index is -0.376. The summed E-state index contributed by atoms with van der Waals surface area (Å²) in [5, 5.41) is 0.517. The number of hydrogen-bond acceptors (Lipinski definition) is 2. The highest BCUT2D eigenvalue weighted by Crippen LogP contribution is 2.31. The molecule has 0 bridgehead atoms. The first-order valence-electron chi connectivity index (χ1n) is 4.47. The average Bonchev–Trinajstić information content (AvgIpc) is 2.46. The second kappa shape index (κ2) is 4.24. The lowest BCUT2D eigenvalue weighted by atomic mass is 10.1. The summed E-state index contributed by atoms with van der Waals surface area (Å²) in [5.74, 6) is -0.550. The molecule has 16 heavy (non-hydrogen) atoms. The molecular weight excluding hydrogens is 272 g/mol.